The lowest BCUT2D eigenvalue weighted by atomic mass is 9.94. The molecule has 0 N–H and O–H groups in total. The summed E-state index contributed by atoms with van der Waals surface area (Å²) in [5, 5.41) is 8.50. The average molecular weight is 391 g/mol. The lowest BCUT2D eigenvalue weighted by molar-refractivity contribution is 0.0447. The van der Waals surface area contributed by atoms with Gasteiger partial charge in [0.05, 0.1) is 12.2 Å². The van der Waals surface area contributed by atoms with Crippen LogP contribution in [0.3, 0.4) is 0 Å². The van der Waals surface area contributed by atoms with Gasteiger partial charge in [-0.3, -0.25) is 14.6 Å². The maximum atomic E-state index is 12.8. The van der Waals surface area contributed by atoms with Crippen LogP contribution in [0, 0.1) is 5.92 Å². The van der Waals surface area contributed by atoms with Crippen molar-refractivity contribution in [2.75, 3.05) is 13.1 Å². The van der Waals surface area contributed by atoms with Crippen LogP contribution in [0.5, 0.6) is 0 Å². The molecule has 8 heteroatoms. The van der Waals surface area contributed by atoms with E-state index in [4.69, 9.17) is 4.52 Å². The molecule has 2 aliphatic rings. The number of aromatic nitrogens is 4. The maximum Gasteiger partial charge on any atom is 0.276 e. The van der Waals surface area contributed by atoms with Gasteiger partial charge in [0.25, 0.3) is 11.5 Å². The highest BCUT2D eigenvalue weighted by molar-refractivity contribution is 5.94. The van der Waals surface area contributed by atoms with Crippen molar-refractivity contribution in [2.24, 2.45) is 5.92 Å². The molecule has 4 heterocycles. The van der Waals surface area contributed by atoms with Crippen LogP contribution in [-0.4, -0.2) is 43.8 Å². The minimum Gasteiger partial charge on any atom is -0.360 e. The van der Waals surface area contributed by atoms with Crippen molar-refractivity contribution in [3.05, 3.63) is 64.0 Å². The fourth-order valence-electron chi connectivity index (χ4n) is 4.05. The highest BCUT2D eigenvalue weighted by atomic mass is 16.5. The van der Waals surface area contributed by atoms with Crippen LogP contribution >= 0.6 is 0 Å². The van der Waals surface area contributed by atoms with E-state index >= 15 is 0 Å². The fourth-order valence-corrected chi connectivity index (χ4v) is 4.05. The van der Waals surface area contributed by atoms with Crippen LogP contribution in [0.1, 0.15) is 34.7 Å². The molecule has 8 nitrogen and oxygen atoms in total. The molecule has 1 fully saturated rings. The molecule has 3 aromatic rings. The van der Waals surface area contributed by atoms with E-state index in [0.717, 1.165) is 42.6 Å². The summed E-state index contributed by atoms with van der Waals surface area (Å²) >= 11 is 0. The zero-order chi connectivity index (χ0) is 19.8. The van der Waals surface area contributed by atoms with Crippen LogP contribution in [0.25, 0.3) is 11.3 Å². The molecule has 1 amide bonds. The zero-order valence-corrected chi connectivity index (χ0v) is 16.0. The van der Waals surface area contributed by atoms with Gasteiger partial charge < -0.3 is 9.42 Å². The van der Waals surface area contributed by atoms with Crippen molar-refractivity contribution < 1.29 is 9.32 Å². The smallest absolute Gasteiger partial charge is 0.276 e. The minimum absolute atomic E-state index is 0.0717. The summed E-state index contributed by atoms with van der Waals surface area (Å²) in [5.74, 6) is 0.980. The number of amides is 1. The number of hydrogen-bond donors (Lipinski definition) is 0. The Balaban J connectivity index is 1.26. The number of carbonyl (C=O) groups is 1. The molecule has 1 aliphatic heterocycles. The number of rotatable bonds is 4. The van der Waals surface area contributed by atoms with E-state index in [1.807, 2.05) is 12.1 Å². The Hall–Kier alpha value is -3.29. The van der Waals surface area contributed by atoms with E-state index in [9.17, 15) is 9.59 Å². The van der Waals surface area contributed by atoms with Crippen molar-refractivity contribution in [2.45, 2.75) is 32.2 Å². The topological polar surface area (TPSA) is 94.1 Å². The van der Waals surface area contributed by atoms with Gasteiger partial charge in [0.15, 0.2) is 5.69 Å². The summed E-state index contributed by atoms with van der Waals surface area (Å²) in [7, 11) is 0. The minimum atomic E-state index is -0.145. The predicted molar refractivity (Wildman–Crippen MR) is 104 cm³/mol. The molecule has 148 valence electrons. The molecule has 29 heavy (non-hydrogen) atoms. The van der Waals surface area contributed by atoms with Gasteiger partial charge in [-0.05, 0) is 37.5 Å². The molecule has 5 rings (SSSR count). The molecule has 0 saturated carbocycles. The number of carbonyl (C=O) groups excluding carboxylic acids is 1. The number of aryl methyl sites for hydroxylation is 1. The molecule has 0 atom stereocenters. The molecule has 0 aromatic carbocycles. The van der Waals surface area contributed by atoms with Crippen molar-refractivity contribution in [3.63, 3.8) is 0 Å². The van der Waals surface area contributed by atoms with Crippen LogP contribution < -0.4 is 5.56 Å². The molecule has 3 aromatic heterocycles. The van der Waals surface area contributed by atoms with Gasteiger partial charge in [0, 0.05) is 55.0 Å². The first kappa shape index (κ1) is 17.8. The summed E-state index contributed by atoms with van der Waals surface area (Å²) in [4.78, 5) is 30.9. The second-order valence-corrected chi connectivity index (χ2v) is 7.70. The zero-order valence-electron chi connectivity index (χ0n) is 16.0. The normalized spacial score (nSPS) is 16.3. The molecule has 1 saturated heterocycles. The third-order valence-electron chi connectivity index (χ3n) is 5.65. The SMILES string of the molecule is O=C(c1noc2c1CCCC2)N1CC(Cn2nc(-c3cccnc3)ccc2=O)C1. The second kappa shape index (κ2) is 7.27. The summed E-state index contributed by atoms with van der Waals surface area (Å²) in [6.45, 7) is 1.66. The Morgan fingerprint density at radius 1 is 1.17 bits per heavy atom. The molecule has 0 radical (unpaired) electrons. The maximum absolute atomic E-state index is 12.8. The Bertz CT molecular complexity index is 1100. The highest BCUT2D eigenvalue weighted by Crippen LogP contribution is 2.27. The van der Waals surface area contributed by atoms with Gasteiger partial charge in [-0.25, -0.2) is 4.68 Å². The third kappa shape index (κ3) is 3.35. The van der Waals surface area contributed by atoms with Crippen molar-refractivity contribution in [3.8, 4) is 11.3 Å². The van der Waals surface area contributed by atoms with Gasteiger partial charge >= 0.3 is 0 Å². The Labute approximate surface area is 167 Å². The number of fused-ring (bicyclic) bond motifs is 1. The first-order valence-electron chi connectivity index (χ1n) is 9.94. The summed E-state index contributed by atoms with van der Waals surface area (Å²) in [6, 6.07) is 6.98. The Kier molecular flexibility index (Phi) is 4.46. The summed E-state index contributed by atoms with van der Waals surface area (Å²) < 4.78 is 6.84. The van der Waals surface area contributed by atoms with Crippen LogP contribution in [0.4, 0.5) is 0 Å². The first-order valence-corrected chi connectivity index (χ1v) is 9.94. The lowest BCUT2D eigenvalue weighted by Crippen LogP contribution is -2.52. The van der Waals surface area contributed by atoms with Gasteiger partial charge in [0.2, 0.25) is 0 Å². The number of hydrogen-bond acceptors (Lipinski definition) is 6. The number of pyridine rings is 1. The van der Waals surface area contributed by atoms with Crippen molar-refractivity contribution in [1.82, 2.24) is 24.8 Å². The molecular formula is C21H21N5O3. The molecule has 0 unspecified atom stereocenters. The lowest BCUT2D eigenvalue weighted by Gasteiger charge is -2.38. The average Bonchev–Trinajstić information content (AvgIpc) is 3.16. The second-order valence-electron chi connectivity index (χ2n) is 7.70. The standard InChI is InChI=1S/C21H21N5O3/c27-19-8-7-17(15-4-3-9-22-10-15)23-26(19)13-14-11-25(12-14)21(28)20-16-5-1-2-6-18(16)29-24-20/h3-4,7-10,14H,1-2,5-6,11-13H2. The van der Waals surface area contributed by atoms with E-state index in [1.54, 1.807) is 23.4 Å². The van der Waals surface area contributed by atoms with E-state index in [1.165, 1.54) is 10.7 Å². The Morgan fingerprint density at radius 3 is 2.86 bits per heavy atom. The molecule has 0 spiro atoms. The van der Waals surface area contributed by atoms with Crippen LogP contribution in [0.2, 0.25) is 0 Å². The number of likely N-dealkylation sites (tertiary alicyclic amines) is 1. The van der Waals surface area contributed by atoms with E-state index in [2.05, 4.69) is 15.2 Å². The van der Waals surface area contributed by atoms with Crippen molar-refractivity contribution >= 4 is 5.91 Å². The van der Waals surface area contributed by atoms with Crippen LogP contribution in [-0.2, 0) is 19.4 Å². The van der Waals surface area contributed by atoms with E-state index < -0.39 is 0 Å². The summed E-state index contributed by atoms with van der Waals surface area (Å²) in [6.07, 6.45) is 7.29. The Morgan fingerprint density at radius 2 is 2.03 bits per heavy atom. The van der Waals surface area contributed by atoms with Crippen molar-refractivity contribution in [1.29, 1.82) is 0 Å². The van der Waals surface area contributed by atoms with Gasteiger partial charge in [0.1, 0.15) is 5.76 Å². The molecular weight excluding hydrogens is 370 g/mol. The summed E-state index contributed by atoms with van der Waals surface area (Å²) in [5.41, 5.74) is 2.87. The fraction of sp³-hybridized carbons (Fsp3) is 0.381. The van der Waals surface area contributed by atoms with Gasteiger partial charge in [-0.15, -0.1) is 0 Å². The quantitative estimate of drug-likeness (QED) is 0.675. The number of nitrogens with zero attached hydrogens (tertiary/aromatic N) is 5. The third-order valence-corrected chi connectivity index (χ3v) is 5.65. The molecule has 0 bridgehead atoms. The van der Waals surface area contributed by atoms with Crippen LogP contribution in [0.15, 0.2) is 46.0 Å². The molecule has 1 aliphatic carbocycles. The largest absolute Gasteiger partial charge is 0.360 e. The van der Waals surface area contributed by atoms with Gasteiger partial charge in [-0.2, -0.15) is 5.10 Å². The van der Waals surface area contributed by atoms with Gasteiger partial charge in [-0.1, -0.05) is 5.16 Å². The first-order chi connectivity index (χ1) is 14.2. The van der Waals surface area contributed by atoms with E-state index in [0.29, 0.717) is 31.0 Å². The highest BCUT2D eigenvalue weighted by Gasteiger charge is 2.35. The monoisotopic (exact) mass is 391 g/mol. The predicted octanol–water partition coefficient (Wildman–Crippen LogP) is 1.94. The van der Waals surface area contributed by atoms with E-state index in [-0.39, 0.29) is 17.4 Å².